The highest BCUT2D eigenvalue weighted by Crippen LogP contribution is 2.17. The number of benzene rings is 1. The molecule has 0 fully saturated rings. The van der Waals surface area contributed by atoms with E-state index in [-0.39, 0.29) is 5.97 Å². The van der Waals surface area contributed by atoms with Crippen LogP contribution in [0.15, 0.2) is 77.9 Å². The lowest BCUT2D eigenvalue weighted by molar-refractivity contribution is -0.134. The second-order valence-corrected chi connectivity index (χ2v) is 9.59. The minimum atomic E-state index is -0.346. The molecule has 1 rings (SSSR count). The fourth-order valence-corrected chi connectivity index (χ4v) is 3.83. The van der Waals surface area contributed by atoms with E-state index in [4.69, 9.17) is 0 Å². The lowest BCUT2D eigenvalue weighted by Gasteiger charge is -2.19. The van der Waals surface area contributed by atoms with Gasteiger partial charge in [-0.15, -0.1) is 0 Å². The molecule has 0 unspecified atom stereocenters. The standard InChI is InChI=1S/C33H49NO2/c1-6-7-8-9-10-11-12-13-14-17-28-34(4)32-25-23-31(24-26-32)22-20-29(2)18-15-16-19-30(3)21-27-33(35)36-5/h15-16,18-27H,6-14,17,28H2,1-5H3. The zero-order chi connectivity index (χ0) is 26.4. The number of rotatable bonds is 18. The van der Waals surface area contributed by atoms with Crippen LogP contribution in [-0.2, 0) is 9.53 Å². The molecule has 198 valence electrons. The monoisotopic (exact) mass is 491 g/mol. The van der Waals surface area contributed by atoms with Crippen molar-refractivity contribution in [3.8, 4) is 0 Å². The van der Waals surface area contributed by atoms with E-state index in [2.05, 4.69) is 73.0 Å². The lowest BCUT2D eigenvalue weighted by Crippen LogP contribution is -2.18. The molecule has 1 aromatic carbocycles. The number of carbonyl (C=O) groups is 1. The number of hydrogen-bond donors (Lipinski definition) is 0. The summed E-state index contributed by atoms with van der Waals surface area (Å²) in [4.78, 5) is 13.5. The summed E-state index contributed by atoms with van der Waals surface area (Å²) < 4.78 is 4.59. The predicted octanol–water partition coefficient (Wildman–Crippen LogP) is 9.23. The van der Waals surface area contributed by atoms with Crippen molar-refractivity contribution in [3.05, 3.63) is 83.5 Å². The normalized spacial score (nSPS) is 12.8. The largest absolute Gasteiger partial charge is 0.466 e. The Kier molecular flexibility index (Phi) is 17.7. The molecule has 0 amide bonds. The Morgan fingerprint density at radius 2 is 1.31 bits per heavy atom. The molecule has 0 radical (unpaired) electrons. The van der Waals surface area contributed by atoms with Gasteiger partial charge >= 0.3 is 5.97 Å². The van der Waals surface area contributed by atoms with Gasteiger partial charge in [0.15, 0.2) is 0 Å². The van der Waals surface area contributed by atoms with Crippen LogP contribution in [0.1, 0.15) is 90.5 Å². The summed E-state index contributed by atoms with van der Waals surface area (Å²) >= 11 is 0. The molecule has 0 aliphatic carbocycles. The predicted molar refractivity (Wildman–Crippen MR) is 158 cm³/mol. The van der Waals surface area contributed by atoms with Gasteiger partial charge in [0.2, 0.25) is 0 Å². The summed E-state index contributed by atoms with van der Waals surface area (Å²) in [5, 5.41) is 0. The maximum atomic E-state index is 11.1. The molecular weight excluding hydrogens is 442 g/mol. The molecule has 3 nitrogen and oxygen atoms in total. The van der Waals surface area contributed by atoms with E-state index < -0.39 is 0 Å². The Labute approximate surface area is 221 Å². The summed E-state index contributed by atoms with van der Waals surface area (Å²) in [7, 11) is 3.57. The van der Waals surface area contributed by atoms with Crippen LogP contribution in [0.4, 0.5) is 5.69 Å². The van der Waals surface area contributed by atoms with Crippen LogP contribution in [0, 0.1) is 0 Å². The number of esters is 1. The van der Waals surface area contributed by atoms with E-state index in [9.17, 15) is 4.79 Å². The van der Waals surface area contributed by atoms with Crippen molar-refractivity contribution in [3.63, 3.8) is 0 Å². The zero-order valence-corrected chi connectivity index (χ0v) is 23.5. The van der Waals surface area contributed by atoms with Crippen LogP contribution in [-0.4, -0.2) is 26.7 Å². The van der Waals surface area contributed by atoms with Crippen LogP contribution in [0.25, 0.3) is 6.08 Å². The molecule has 0 saturated carbocycles. The first-order valence-electron chi connectivity index (χ1n) is 13.7. The minimum absolute atomic E-state index is 0.346. The van der Waals surface area contributed by atoms with Crippen LogP contribution >= 0.6 is 0 Å². The van der Waals surface area contributed by atoms with Gasteiger partial charge in [0.05, 0.1) is 7.11 Å². The topological polar surface area (TPSA) is 29.5 Å². The fourth-order valence-electron chi connectivity index (χ4n) is 3.83. The van der Waals surface area contributed by atoms with E-state index in [0.717, 1.165) is 12.1 Å². The highest BCUT2D eigenvalue weighted by Gasteiger charge is 2.01. The van der Waals surface area contributed by atoms with Crippen molar-refractivity contribution in [2.45, 2.75) is 85.0 Å². The maximum Gasteiger partial charge on any atom is 0.330 e. The van der Waals surface area contributed by atoms with Gasteiger partial charge in [-0.05, 0) is 38.0 Å². The first-order valence-corrected chi connectivity index (χ1v) is 13.7. The van der Waals surface area contributed by atoms with Gasteiger partial charge in [0.25, 0.3) is 0 Å². The number of nitrogens with zero attached hydrogens (tertiary/aromatic N) is 1. The van der Waals surface area contributed by atoms with Crippen molar-refractivity contribution in [2.24, 2.45) is 0 Å². The van der Waals surface area contributed by atoms with Gasteiger partial charge in [-0.25, -0.2) is 4.79 Å². The summed E-state index contributed by atoms with van der Waals surface area (Å²) in [5.41, 5.74) is 4.63. The second kappa shape index (κ2) is 20.4. The van der Waals surface area contributed by atoms with Crippen LogP contribution in [0.3, 0.4) is 0 Å². The Bertz CT molecular complexity index is 871. The summed E-state index contributed by atoms with van der Waals surface area (Å²) in [5.74, 6) is -0.346. The zero-order valence-electron chi connectivity index (χ0n) is 23.5. The van der Waals surface area contributed by atoms with Crippen molar-refractivity contribution in [2.75, 3.05) is 25.6 Å². The van der Waals surface area contributed by atoms with Crippen molar-refractivity contribution >= 4 is 17.7 Å². The smallest absolute Gasteiger partial charge is 0.330 e. The van der Waals surface area contributed by atoms with Gasteiger partial charge in [0.1, 0.15) is 0 Å². The average Bonchev–Trinajstić information content (AvgIpc) is 2.89. The Hall–Kier alpha value is -2.81. The number of methoxy groups -OCH3 is 1. The van der Waals surface area contributed by atoms with E-state index >= 15 is 0 Å². The third-order valence-electron chi connectivity index (χ3n) is 6.23. The molecule has 36 heavy (non-hydrogen) atoms. The molecule has 0 saturated heterocycles. The molecule has 0 atom stereocenters. The molecule has 0 aliphatic rings. The number of allylic oxidation sites excluding steroid dienone is 8. The van der Waals surface area contributed by atoms with E-state index in [1.54, 1.807) is 6.08 Å². The van der Waals surface area contributed by atoms with Gasteiger partial charge in [-0.2, -0.15) is 0 Å². The highest BCUT2D eigenvalue weighted by molar-refractivity contribution is 5.82. The van der Waals surface area contributed by atoms with Crippen LogP contribution in [0.2, 0.25) is 0 Å². The quantitative estimate of drug-likeness (QED) is 0.0887. The highest BCUT2D eigenvalue weighted by atomic mass is 16.5. The molecular formula is C33H49NO2. The molecule has 0 N–H and O–H groups in total. The van der Waals surface area contributed by atoms with Gasteiger partial charge in [-0.3, -0.25) is 0 Å². The Morgan fingerprint density at radius 3 is 1.86 bits per heavy atom. The molecule has 0 bridgehead atoms. The lowest BCUT2D eigenvalue weighted by atomic mass is 10.1. The SMILES string of the molecule is CCCCCCCCCCCCN(C)c1ccc(C=CC(C)=CC=CC=C(C)C=CC(=O)OC)cc1. The molecule has 0 spiro atoms. The van der Waals surface area contributed by atoms with Gasteiger partial charge < -0.3 is 9.64 Å². The minimum Gasteiger partial charge on any atom is -0.466 e. The number of anilines is 1. The maximum absolute atomic E-state index is 11.1. The number of unbranched alkanes of at least 4 members (excludes halogenated alkanes) is 9. The number of carbonyl (C=O) groups excluding carboxylic acids is 1. The summed E-state index contributed by atoms with van der Waals surface area (Å²) in [6.45, 7) is 7.43. The van der Waals surface area contributed by atoms with Crippen LogP contribution in [0.5, 0.6) is 0 Å². The first-order chi connectivity index (χ1) is 17.5. The summed E-state index contributed by atoms with van der Waals surface area (Å²) in [6, 6.07) is 8.79. The molecule has 1 aromatic rings. The van der Waals surface area contributed by atoms with Crippen molar-refractivity contribution < 1.29 is 9.53 Å². The van der Waals surface area contributed by atoms with Crippen LogP contribution < -0.4 is 4.90 Å². The Morgan fingerprint density at radius 1 is 0.778 bits per heavy atom. The second-order valence-electron chi connectivity index (χ2n) is 9.59. The van der Waals surface area contributed by atoms with Crippen molar-refractivity contribution in [1.29, 1.82) is 0 Å². The first kappa shape index (κ1) is 31.2. The summed E-state index contributed by atoms with van der Waals surface area (Å²) in [6.07, 6.45) is 29.2. The average molecular weight is 492 g/mol. The molecule has 0 aromatic heterocycles. The fraction of sp³-hybridized carbons (Fsp3) is 0.485. The van der Waals surface area contributed by atoms with E-state index in [0.29, 0.717) is 0 Å². The Balaban J connectivity index is 2.34. The third-order valence-corrected chi connectivity index (χ3v) is 6.23. The number of hydrogen-bond acceptors (Lipinski definition) is 3. The van der Waals surface area contributed by atoms with E-state index in [1.807, 2.05) is 25.2 Å². The number of ether oxygens (including phenoxy) is 1. The van der Waals surface area contributed by atoms with Gasteiger partial charge in [-0.1, -0.05) is 131 Å². The van der Waals surface area contributed by atoms with Gasteiger partial charge in [0, 0.05) is 25.4 Å². The molecule has 3 heteroatoms. The van der Waals surface area contributed by atoms with E-state index in [1.165, 1.54) is 94.2 Å². The third kappa shape index (κ3) is 16.0. The molecule has 0 aliphatic heterocycles. The van der Waals surface area contributed by atoms with Crippen molar-refractivity contribution in [1.82, 2.24) is 0 Å². The molecule has 0 heterocycles.